The van der Waals surface area contributed by atoms with E-state index in [2.05, 4.69) is 4.99 Å². The molecule has 0 amide bonds. The van der Waals surface area contributed by atoms with Gasteiger partial charge in [0.15, 0.2) is 0 Å². The molecule has 3 rings (SSSR count). The van der Waals surface area contributed by atoms with Gasteiger partial charge in [0, 0.05) is 5.56 Å². The molecule has 114 valence electrons. The average Bonchev–Trinajstić information content (AvgIpc) is 2.88. The molecular formula is C18H18NO3-. The highest BCUT2D eigenvalue weighted by atomic mass is 16.5. The standard InChI is InChI=1S/C18H19NO3/c1-18(2)11-22-17(19-18)15-10-13(6-9-16(15)20)12-4-7-14(21-3)8-5-12/h4-10,20H,11H2,1-3H3/p-1. The van der Waals surface area contributed by atoms with Gasteiger partial charge in [0.1, 0.15) is 12.4 Å². The molecule has 1 aliphatic heterocycles. The van der Waals surface area contributed by atoms with Crippen LogP contribution in [0.2, 0.25) is 0 Å². The van der Waals surface area contributed by atoms with Crippen LogP contribution in [0.25, 0.3) is 11.1 Å². The Morgan fingerprint density at radius 2 is 1.77 bits per heavy atom. The summed E-state index contributed by atoms with van der Waals surface area (Å²) in [5.74, 6) is 1.16. The molecule has 4 nitrogen and oxygen atoms in total. The highest BCUT2D eigenvalue weighted by molar-refractivity contribution is 5.99. The number of hydrogen-bond donors (Lipinski definition) is 0. The second-order valence-corrected chi connectivity index (χ2v) is 5.96. The fourth-order valence-corrected chi connectivity index (χ4v) is 2.38. The summed E-state index contributed by atoms with van der Waals surface area (Å²) in [6, 6.07) is 12.9. The summed E-state index contributed by atoms with van der Waals surface area (Å²) in [7, 11) is 1.64. The van der Waals surface area contributed by atoms with Crippen LogP contribution in [0, 0.1) is 0 Å². The maximum Gasteiger partial charge on any atom is 0.216 e. The third kappa shape index (κ3) is 2.77. The molecule has 0 radical (unpaired) electrons. The lowest BCUT2D eigenvalue weighted by Crippen LogP contribution is -2.17. The number of benzene rings is 2. The molecule has 0 bridgehead atoms. The van der Waals surface area contributed by atoms with Crippen molar-refractivity contribution in [3.8, 4) is 22.6 Å². The molecule has 2 aromatic rings. The van der Waals surface area contributed by atoms with Crippen LogP contribution in [-0.4, -0.2) is 25.2 Å². The van der Waals surface area contributed by atoms with Gasteiger partial charge in [-0.2, -0.15) is 0 Å². The minimum Gasteiger partial charge on any atom is -0.872 e. The van der Waals surface area contributed by atoms with E-state index in [1.165, 1.54) is 0 Å². The summed E-state index contributed by atoms with van der Waals surface area (Å²) in [5.41, 5.74) is 2.20. The molecule has 0 saturated carbocycles. The van der Waals surface area contributed by atoms with Crippen molar-refractivity contribution in [1.29, 1.82) is 0 Å². The van der Waals surface area contributed by atoms with Crippen LogP contribution in [0.4, 0.5) is 0 Å². The number of ether oxygens (including phenoxy) is 2. The maximum atomic E-state index is 12.1. The fraction of sp³-hybridized carbons (Fsp3) is 0.278. The van der Waals surface area contributed by atoms with Gasteiger partial charge in [0.25, 0.3) is 0 Å². The summed E-state index contributed by atoms with van der Waals surface area (Å²) in [6.07, 6.45) is 0. The van der Waals surface area contributed by atoms with Crippen molar-refractivity contribution in [1.82, 2.24) is 0 Å². The van der Waals surface area contributed by atoms with E-state index in [-0.39, 0.29) is 11.3 Å². The fourth-order valence-electron chi connectivity index (χ4n) is 2.38. The Morgan fingerprint density at radius 1 is 1.09 bits per heavy atom. The molecule has 0 N–H and O–H groups in total. The first-order chi connectivity index (χ1) is 10.5. The first-order valence-electron chi connectivity index (χ1n) is 7.17. The number of rotatable bonds is 3. The Hall–Kier alpha value is -2.49. The van der Waals surface area contributed by atoms with Gasteiger partial charge in [-0.1, -0.05) is 30.0 Å². The second kappa shape index (κ2) is 5.37. The third-order valence-electron chi connectivity index (χ3n) is 3.60. The van der Waals surface area contributed by atoms with Gasteiger partial charge in [0.05, 0.1) is 12.6 Å². The molecule has 0 aromatic heterocycles. The minimum atomic E-state index is -0.280. The lowest BCUT2D eigenvalue weighted by Gasteiger charge is -2.15. The SMILES string of the molecule is COc1ccc(-c2ccc([O-])c(C3=NC(C)(C)CO3)c2)cc1. The van der Waals surface area contributed by atoms with Gasteiger partial charge in [-0.15, -0.1) is 0 Å². The second-order valence-electron chi connectivity index (χ2n) is 5.96. The lowest BCUT2D eigenvalue weighted by atomic mass is 10.0. The molecule has 1 aliphatic rings. The molecule has 0 spiro atoms. The molecule has 4 heteroatoms. The van der Waals surface area contributed by atoms with Gasteiger partial charge in [-0.25, -0.2) is 4.99 Å². The average molecular weight is 296 g/mol. The summed E-state index contributed by atoms with van der Waals surface area (Å²) in [5, 5.41) is 12.1. The van der Waals surface area contributed by atoms with E-state index in [4.69, 9.17) is 9.47 Å². The van der Waals surface area contributed by atoms with Crippen molar-refractivity contribution in [2.24, 2.45) is 4.99 Å². The first-order valence-corrected chi connectivity index (χ1v) is 7.17. The Labute approximate surface area is 130 Å². The Kier molecular flexibility index (Phi) is 3.53. The number of methoxy groups -OCH3 is 1. The predicted molar refractivity (Wildman–Crippen MR) is 84.4 cm³/mol. The zero-order valence-corrected chi connectivity index (χ0v) is 12.9. The normalized spacial score (nSPS) is 16.0. The van der Waals surface area contributed by atoms with Crippen LogP contribution in [0.15, 0.2) is 47.5 Å². The topological polar surface area (TPSA) is 53.9 Å². The number of hydrogen-bond acceptors (Lipinski definition) is 4. The monoisotopic (exact) mass is 296 g/mol. The van der Waals surface area contributed by atoms with Gasteiger partial charge in [-0.3, -0.25) is 0 Å². The van der Waals surface area contributed by atoms with Crippen molar-refractivity contribution >= 4 is 5.90 Å². The molecule has 1 heterocycles. The van der Waals surface area contributed by atoms with E-state index in [9.17, 15) is 5.11 Å². The van der Waals surface area contributed by atoms with Gasteiger partial charge in [-0.05, 0) is 43.2 Å². The summed E-state index contributed by atoms with van der Waals surface area (Å²) in [4.78, 5) is 4.49. The van der Waals surface area contributed by atoms with E-state index < -0.39 is 0 Å². The summed E-state index contributed by atoms with van der Waals surface area (Å²) < 4.78 is 10.8. The van der Waals surface area contributed by atoms with Crippen molar-refractivity contribution in [3.05, 3.63) is 48.0 Å². The van der Waals surface area contributed by atoms with Crippen LogP contribution in [0.5, 0.6) is 11.5 Å². The zero-order chi connectivity index (χ0) is 15.7. The molecule has 0 atom stereocenters. The van der Waals surface area contributed by atoms with Crippen molar-refractivity contribution in [2.75, 3.05) is 13.7 Å². The van der Waals surface area contributed by atoms with Crippen molar-refractivity contribution < 1.29 is 14.6 Å². The Bertz CT molecular complexity index is 718. The van der Waals surface area contributed by atoms with Gasteiger partial charge < -0.3 is 14.6 Å². The minimum absolute atomic E-state index is 0.0753. The molecule has 0 aliphatic carbocycles. The van der Waals surface area contributed by atoms with E-state index in [0.29, 0.717) is 18.1 Å². The van der Waals surface area contributed by atoms with E-state index in [1.807, 2.05) is 50.2 Å². The van der Waals surface area contributed by atoms with Crippen LogP contribution in [-0.2, 0) is 4.74 Å². The molecule has 0 unspecified atom stereocenters. The summed E-state index contributed by atoms with van der Waals surface area (Å²) in [6.45, 7) is 4.46. The highest BCUT2D eigenvalue weighted by Crippen LogP contribution is 2.29. The Morgan fingerprint density at radius 3 is 2.36 bits per heavy atom. The van der Waals surface area contributed by atoms with Crippen LogP contribution < -0.4 is 9.84 Å². The summed E-state index contributed by atoms with van der Waals surface area (Å²) >= 11 is 0. The Balaban J connectivity index is 1.99. The van der Waals surface area contributed by atoms with Crippen LogP contribution >= 0.6 is 0 Å². The van der Waals surface area contributed by atoms with Gasteiger partial charge >= 0.3 is 0 Å². The smallest absolute Gasteiger partial charge is 0.216 e. The predicted octanol–water partition coefficient (Wildman–Crippen LogP) is 2.99. The van der Waals surface area contributed by atoms with Gasteiger partial charge in [0.2, 0.25) is 5.90 Å². The quantitative estimate of drug-likeness (QED) is 0.875. The van der Waals surface area contributed by atoms with E-state index >= 15 is 0 Å². The molecule has 0 fully saturated rings. The number of aliphatic imine (C=N–C) groups is 1. The molecule has 22 heavy (non-hydrogen) atoms. The first kappa shape index (κ1) is 14.4. The van der Waals surface area contributed by atoms with Crippen molar-refractivity contribution in [3.63, 3.8) is 0 Å². The molecule has 0 saturated heterocycles. The highest BCUT2D eigenvalue weighted by Gasteiger charge is 2.27. The van der Waals surface area contributed by atoms with Crippen LogP contribution in [0.1, 0.15) is 19.4 Å². The molecular weight excluding hydrogens is 278 g/mol. The van der Waals surface area contributed by atoms with Crippen LogP contribution in [0.3, 0.4) is 0 Å². The third-order valence-corrected chi connectivity index (χ3v) is 3.60. The van der Waals surface area contributed by atoms with E-state index in [1.54, 1.807) is 13.2 Å². The molecule has 2 aromatic carbocycles. The largest absolute Gasteiger partial charge is 0.872 e. The zero-order valence-electron chi connectivity index (χ0n) is 12.9. The van der Waals surface area contributed by atoms with E-state index in [0.717, 1.165) is 16.9 Å². The maximum absolute atomic E-state index is 12.1. The van der Waals surface area contributed by atoms with Crippen molar-refractivity contribution in [2.45, 2.75) is 19.4 Å². The number of nitrogens with zero attached hydrogens (tertiary/aromatic N) is 1. The lowest BCUT2D eigenvalue weighted by molar-refractivity contribution is -0.268.